The van der Waals surface area contributed by atoms with Gasteiger partial charge in [-0.05, 0) is 23.7 Å². The zero-order chi connectivity index (χ0) is 13.6. The van der Waals surface area contributed by atoms with Crippen LogP contribution in [0, 0.1) is 23.7 Å². The molecule has 0 atom stereocenters. The molecule has 0 bridgehead atoms. The Balaban J connectivity index is 4.89. The Kier molecular flexibility index (Phi) is 7.70. The van der Waals surface area contributed by atoms with E-state index >= 15 is 0 Å². The number of hydrogen-bond donors (Lipinski definition) is 0. The Morgan fingerprint density at radius 2 is 1.00 bits per heavy atom. The lowest BCUT2D eigenvalue weighted by Crippen LogP contribution is -2.39. The Labute approximate surface area is 112 Å². The Morgan fingerprint density at radius 3 is 1.18 bits per heavy atom. The first-order chi connectivity index (χ1) is 7.67. The van der Waals surface area contributed by atoms with Gasteiger partial charge >= 0.3 is 0 Å². The van der Waals surface area contributed by atoms with Crippen LogP contribution in [0.2, 0.25) is 24.2 Å². The van der Waals surface area contributed by atoms with Crippen molar-refractivity contribution in [2.45, 2.75) is 79.6 Å². The highest BCUT2D eigenvalue weighted by atomic mass is 28.3. The summed E-state index contributed by atoms with van der Waals surface area (Å²) in [5, 5.41) is 0. The zero-order valence-electron chi connectivity index (χ0n) is 13.6. The minimum Gasteiger partial charge on any atom is -0.0630 e. The van der Waals surface area contributed by atoms with Gasteiger partial charge in [0.05, 0.1) is 8.07 Å². The molecule has 1 heteroatoms. The normalized spacial score (nSPS) is 13.4. The van der Waals surface area contributed by atoms with Crippen molar-refractivity contribution in [1.29, 1.82) is 0 Å². The van der Waals surface area contributed by atoms with Crippen molar-refractivity contribution in [3.05, 3.63) is 5.92 Å². The summed E-state index contributed by atoms with van der Waals surface area (Å²) in [5.41, 5.74) is 0. The molecule has 17 heavy (non-hydrogen) atoms. The molecular formula is C16H35Si. The smallest absolute Gasteiger partial charge is 0.0548 e. The van der Waals surface area contributed by atoms with Crippen molar-refractivity contribution in [3.63, 3.8) is 0 Å². The van der Waals surface area contributed by atoms with E-state index in [4.69, 9.17) is 0 Å². The first-order valence-electron chi connectivity index (χ1n) is 7.46. The first-order valence-corrected chi connectivity index (χ1v) is 10.3. The standard InChI is InChI=1S/C16H35Si/c1-13(2)9-17(10-14(3)4,11-15(5)6)12-16(7)8/h13-15H,9-12H2,1-8H3. The van der Waals surface area contributed by atoms with E-state index in [0.29, 0.717) is 0 Å². The van der Waals surface area contributed by atoms with Gasteiger partial charge in [-0.15, -0.1) is 0 Å². The SMILES string of the molecule is C[C](C)C[Si](CC(C)C)(CC(C)C)CC(C)C. The Morgan fingerprint density at radius 1 is 0.706 bits per heavy atom. The molecule has 0 aromatic rings. The second kappa shape index (κ2) is 7.61. The minimum atomic E-state index is -1.08. The Bertz CT molecular complexity index is 146. The Hall–Kier alpha value is 0.217. The van der Waals surface area contributed by atoms with Gasteiger partial charge in [-0.25, -0.2) is 0 Å². The van der Waals surface area contributed by atoms with Crippen molar-refractivity contribution in [3.8, 4) is 0 Å². The molecule has 0 saturated carbocycles. The molecule has 0 amide bonds. The second-order valence-electron chi connectivity index (χ2n) is 7.68. The molecule has 0 aliphatic heterocycles. The molecule has 0 aromatic heterocycles. The summed E-state index contributed by atoms with van der Waals surface area (Å²) in [7, 11) is -1.08. The fourth-order valence-electron chi connectivity index (χ4n) is 3.81. The van der Waals surface area contributed by atoms with Gasteiger partial charge in [0.15, 0.2) is 0 Å². The predicted octanol–water partition coefficient (Wildman–Crippen LogP) is 6.02. The van der Waals surface area contributed by atoms with E-state index in [0.717, 1.165) is 17.8 Å². The van der Waals surface area contributed by atoms with Crippen LogP contribution < -0.4 is 0 Å². The lowest BCUT2D eigenvalue weighted by Gasteiger charge is -2.38. The van der Waals surface area contributed by atoms with Crippen molar-refractivity contribution in [2.75, 3.05) is 0 Å². The van der Waals surface area contributed by atoms with Crippen LogP contribution in [0.15, 0.2) is 0 Å². The molecule has 0 unspecified atom stereocenters. The molecule has 0 aromatic carbocycles. The lowest BCUT2D eigenvalue weighted by molar-refractivity contribution is 0.637. The van der Waals surface area contributed by atoms with Crippen LogP contribution in [-0.2, 0) is 0 Å². The molecular weight excluding hydrogens is 220 g/mol. The van der Waals surface area contributed by atoms with Gasteiger partial charge in [-0.1, -0.05) is 79.6 Å². The van der Waals surface area contributed by atoms with Crippen LogP contribution in [0.4, 0.5) is 0 Å². The van der Waals surface area contributed by atoms with Crippen LogP contribution in [-0.4, -0.2) is 8.07 Å². The monoisotopic (exact) mass is 255 g/mol. The molecule has 1 radical (unpaired) electrons. The van der Waals surface area contributed by atoms with E-state index in [1.165, 1.54) is 24.2 Å². The van der Waals surface area contributed by atoms with E-state index in [9.17, 15) is 0 Å². The molecule has 0 N–H and O–H groups in total. The lowest BCUT2D eigenvalue weighted by atomic mass is 10.2. The summed E-state index contributed by atoms with van der Waals surface area (Å²) in [6.07, 6.45) is 0. The van der Waals surface area contributed by atoms with Crippen molar-refractivity contribution in [2.24, 2.45) is 17.8 Å². The maximum absolute atomic E-state index is 2.41. The predicted molar refractivity (Wildman–Crippen MR) is 84.1 cm³/mol. The summed E-state index contributed by atoms with van der Waals surface area (Å²) in [5.74, 6) is 4.29. The third kappa shape index (κ3) is 8.02. The fourth-order valence-corrected chi connectivity index (χ4v) is 11.4. The van der Waals surface area contributed by atoms with Gasteiger partial charge in [-0.2, -0.15) is 0 Å². The molecule has 0 rings (SSSR count). The van der Waals surface area contributed by atoms with Crippen LogP contribution in [0.3, 0.4) is 0 Å². The van der Waals surface area contributed by atoms with E-state index < -0.39 is 8.07 Å². The number of hydrogen-bond acceptors (Lipinski definition) is 0. The molecule has 0 heterocycles. The third-order valence-electron chi connectivity index (χ3n) is 3.25. The first kappa shape index (κ1) is 17.2. The van der Waals surface area contributed by atoms with Gasteiger partial charge in [0.25, 0.3) is 0 Å². The van der Waals surface area contributed by atoms with Gasteiger partial charge in [-0.3, -0.25) is 0 Å². The van der Waals surface area contributed by atoms with Crippen LogP contribution in [0.5, 0.6) is 0 Å². The topological polar surface area (TPSA) is 0 Å². The van der Waals surface area contributed by atoms with Crippen molar-refractivity contribution in [1.82, 2.24) is 0 Å². The third-order valence-corrected chi connectivity index (χ3v) is 9.76. The summed E-state index contributed by atoms with van der Waals surface area (Å²) in [4.78, 5) is 0. The largest absolute Gasteiger partial charge is 0.0630 e. The van der Waals surface area contributed by atoms with Crippen LogP contribution in [0.1, 0.15) is 55.4 Å². The van der Waals surface area contributed by atoms with Crippen LogP contribution in [0.25, 0.3) is 0 Å². The van der Waals surface area contributed by atoms with Gasteiger partial charge in [0.1, 0.15) is 0 Å². The highest BCUT2D eigenvalue weighted by Crippen LogP contribution is 2.37. The molecule has 0 saturated heterocycles. The summed E-state index contributed by atoms with van der Waals surface area (Å²) in [6, 6.07) is 6.03. The molecule has 103 valence electrons. The van der Waals surface area contributed by atoms with Gasteiger partial charge < -0.3 is 0 Å². The summed E-state index contributed by atoms with van der Waals surface area (Å²) < 4.78 is 0. The van der Waals surface area contributed by atoms with E-state index in [1.54, 1.807) is 5.92 Å². The quantitative estimate of drug-likeness (QED) is 0.465. The highest BCUT2D eigenvalue weighted by molar-refractivity contribution is 6.80. The van der Waals surface area contributed by atoms with Crippen molar-refractivity contribution >= 4 is 8.07 Å². The van der Waals surface area contributed by atoms with Crippen LogP contribution >= 0.6 is 0 Å². The molecule has 0 spiro atoms. The average Bonchev–Trinajstić information content (AvgIpc) is 1.95. The molecule has 0 nitrogen and oxygen atoms in total. The van der Waals surface area contributed by atoms with E-state index in [-0.39, 0.29) is 0 Å². The molecule has 0 aliphatic rings. The van der Waals surface area contributed by atoms with Crippen molar-refractivity contribution < 1.29 is 0 Å². The van der Waals surface area contributed by atoms with E-state index in [1.807, 2.05) is 0 Å². The maximum Gasteiger partial charge on any atom is 0.0548 e. The number of rotatable bonds is 8. The van der Waals surface area contributed by atoms with E-state index in [2.05, 4.69) is 55.4 Å². The maximum atomic E-state index is 2.41. The summed E-state index contributed by atoms with van der Waals surface area (Å²) in [6.45, 7) is 19.1. The second-order valence-corrected chi connectivity index (χ2v) is 12.3. The minimum absolute atomic E-state index is 0.874. The average molecular weight is 256 g/mol. The zero-order valence-corrected chi connectivity index (χ0v) is 14.6. The summed E-state index contributed by atoms with van der Waals surface area (Å²) >= 11 is 0. The highest BCUT2D eigenvalue weighted by Gasteiger charge is 2.35. The fraction of sp³-hybridized carbons (Fsp3) is 0.938. The van der Waals surface area contributed by atoms with Gasteiger partial charge in [0, 0.05) is 0 Å². The molecule has 0 aliphatic carbocycles. The molecule has 0 fully saturated rings. The van der Waals surface area contributed by atoms with Gasteiger partial charge in [0.2, 0.25) is 0 Å².